The van der Waals surface area contributed by atoms with E-state index >= 15 is 0 Å². The summed E-state index contributed by atoms with van der Waals surface area (Å²) >= 11 is 3.39. The van der Waals surface area contributed by atoms with Crippen LogP contribution in [0.1, 0.15) is 11.1 Å². The average Bonchev–Trinajstić information content (AvgIpc) is 2.96. The third-order valence-corrected chi connectivity index (χ3v) is 4.05. The summed E-state index contributed by atoms with van der Waals surface area (Å²) in [5, 5.41) is 0. The minimum absolute atomic E-state index is 0.252. The molecule has 2 aromatic carbocycles. The lowest BCUT2D eigenvalue weighted by atomic mass is 10.1. The molecule has 0 N–H and O–H groups in total. The van der Waals surface area contributed by atoms with Crippen molar-refractivity contribution in [1.82, 2.24) is 0 Å². The fourth-order valence-corrected chi connectivity index (χ4v) is 2.86. The van der Waals surface area contributed by atoms with Crippen LogP contribution in [0.2, 0.25) is 0 Å². The van der Waals surface area contributed by atoms with Crippen LogP contribution < -0.4 is 9.47 Å². The monoisotopic (exact) mass is 385 g/mol. The van der Waals surface area contributed by atoms with Gasteiger partial charge in [-0.15, -0.1) is 0 Å². The quantitative estimate of drug-likeness (QED) is 0.585. The van der Waals surface area contributed by atoms with E-state index in [2.05, 4.69) is 20.9 Å². The molecule has 0 saturated carbocycles. The van der Waals surface area contributed by atoms with E-state index in [0.29, 0.717) is 30.6 Å². The van der Waals surface area contributed by atoms with Gasteiger partial charge >= 0.3 is 5.97 Å². The zero-order valence-corrected chi connectivity index (χ0v) is 14.1. The number of carbonyl (C=O) groups excluding carboxylic acids is 1. The van der Waals surface area contributed by atoms with Crippen molar-refractivity contribution in [3.63, 3.8) is 0 Å². The molecule has 0 unspecified atom stereocenters. The number of carbonyl (C=O) groups is 1. The van der Waals surface area contributed by atoms with Crippen molar-refractivity contribution in [2.45, 2.75) is 0 Å². The van der Waals surface area contributed by atoms with Gasteiger partial charge in [0.1, 0.15) is 13.2 Å². The van der Waals surface area contributed by atoms with Crippen molar-refractivity contribution < 1.29 is 19.0 Å². The van der Waals surface area contributed by atoms with Crippen LogP contribution in [0.5, 0.6) is 11.5 Å². The van der Waals surface area contributed by atoms with Gasteiger partial charge in [0.15, 0.2) is 17.2 Å². The predicted molar refractivity (Wildman–Crippen MR) is 92.2 cm³/mol. The summed E-state index contributed by atoms with van der Waals surface area (Å²) < 4.78 is 17.2. The molecular weight excluding hydrogens is 374 g/mol. The van der Waals surface area contributed by atoms with Gasteiger partial charge in [-0.2, -0.15) is 0 Å². The minimum Gasteiger partial charge on any atom is -0.486 e. The van der Waals surface area contributed by atoms with Gasteiger partial charge in [-0.3, -0.25) is 0 Å². The molecule has 2 aliphatic rings. The number of rotatable bonds is 2. The number of hydrogen-bond donors (Lipinski definition) is 0. The molecule has 0 aliphatic carbocycles. The van der Waals surface area contributed by atoms with Gasteiger partial charge in [-0.1, -0.05) is 28.1 Å². The summed E-state index contributed by atoms with van der Waals surface area (Å²) in [5.41, 5.74) is 1.79. The lowest BCUT2D eigenvalue weighted by molar-refractivity contribution is -0.129. The molecule has 0 aromatic heterocycles. The van der Waals surface area contributed by atoms with Gasteiger partial charge in [-0.25, -0.2) is 9.79 Å². The molecule has 2 aliphatic heterocycles. The molecule has 6 heteroatoms. The maximum absolute atomic E-state index is 12.1. The zero-order valence-electron chi connectivity index (χ0n) is 12.5. The van der Waals surface area contributed by atoms with Gasteiger partial charge in [0.2, 0.25) is 5.90 Å². The molecule has 4 rings (SSSR count). The smallest absolute Gasteiger partial charge is 0.363 e. The number of aliphatic imine (C=N–C) groups is 1. The van der Waals surface area contributed by atoms with Crippen molar-refractivity contribution in [2.24, 2.45) is 4.99 Å². The van der Waals surface area contributed by atoms with Crippen LogP contribution in [0.4, 0.5) is 0 Å². The zero-order chi connectivity index (χ0) is 16.5. The largest absolute Gasteiger partial charge is 0.486 e. The number of esters is 1. The number of fused-ring (bicyclic) bond motifs is 1. The molecule has 0 bridgehead atoms. The molecule has 0 atom stereocenters. The molecule has 0 radical (unpaired) electrons. The Morgan fingerprint density at radius 1 is 1.04 bits per heavy atom. The molecule has 120 valence electrons. The first-order chi connectivity index (χ1) is 11.7. The Bertz CT molecular complexity index is 888. The van der Waals surface area contributed by atoms with Crippen LogP contribution in [0.3, 0.4) is 0 Å². The first-order valence-electron chi connectivity index (χ1n) is 7.37. The van der Waals surface area contributed by atoms with Crippen LogP contribution in [0, 0.1) is 0 Å². The van der Waals surface area contributed by atoms with Crippen LogP contribution in [-0.4, -0.2) is 25.1 Å². The van der Waals surface area contributed by atoms with Gasteiger partial charge < -0.3 is 14.2 Å². The van der Waals surface area contributed by atoms with E-state index in [0.717, 1.165) is 15.6 Å². The van der Waals surface area contributed by atoms with Crippen molar-refractivity contribution >= 4 is 33.9 Å². The molecule has 0 spiro atoms. The standard InChI is InChI=1S/C18H12BrNO4/c19-13-3-1-2-12(10-13)17-20-14(18(21)24-17)8-11-4-5-15-16(9-11)23-7-6-22-15/h1-5,8-10H,6-7H2. The topological polar surface area (TPSA) is 57.1 Å². The summed E-state index contributed by atoms with van der Waals surface area (Å²) in [6, 6.07) is 12.9. The lowest BCUT2D eigenvalue weighted by Crippen LogP contribution is -2.15. The fraction of sp³-hybridized carbons (Fsp3) is 0.111. The second kappa shape index (κ2) is 6.13. The Kier molecular flexibility index (Phi) is 3.82. The van der Waals surface area contributed by atoms with E-state index < -0.39 is 5.97 Å². The third-order valence-electron chi connectivity index (χ3n) is 3.56. The molecule has 0 saturated heterocycles. The molecule has 0 amide bonds. The molecule has 2 heterocycles. The number of cyclic esters (lactones) is 1. The highest BCUT2D eigenvalue weighted by Gasteiger charge is 2.24. The van der Waals surface area contributed by atoms with Gasteiger partial charge in [0, 0.05) is 10.0 Å². The summed E-state index contributed by atoms with van der Waals surface area (Å²) in [7, 11) is 0. The highest BCUT2D eigenvalue weighted by atomic mass is 79.9. The number of benzene rings is 2. The molecule has 24 heavy (non-hydrogen) atoms. The van der Waals surface area contributed by atoms with Gasteiger partial charge in [-0.05, 0) is 42.0 Å². The Morgan fingerprint density at radius 3 is 2.71 bits per heavy atom. The first-order valence-corrected chi connectivity index (χ1v) is 8.16. The second-order valence-electron chi connectivity index (χ2n) is 5.25. The highest BCUT2D eigenvalue weighted by Crippen LogP contribution is 2.32. The number of hydrogen-bond acceptors (Lipinski definition) is 5. The second-order valence-corrected chi connectivity index (χ2v) is 6.17. The minimum atomic E-state index is -0.472. The Balaban J connectivity index is 1.66. The fourth-order valence-electron chi connectivity index (χ4n) is 2.46. The molecular formula is C18H12BrNO4. The Labute approximate surface area is 146 Å². The summed E-state index contributed by atoms with van der Waals surface area (Å²) in [5.74, 6) is 1.19. The van der Waals surface area contributed by atoms with Crippen molar-refractivity contribution in [2.75, 3.05) is 13.2 Å². The van der Waals surface area contributed by atoms with E-state index in [4.69, 9.17) is 14.2 Å². The third kappa shape index (κ3) is 2.92. The van der Waals surface area contributed by atoms with E-state index in [1.165, 1.54) is 0 Å². The first kappa shape index (κ1) is 15.0. The van der Waals surface area contributed by atoms with Crippen molar-refractivity contribution in [3.8, 4) is 11.5 Å². The van der Waals surface area contributed by atoms with Crippen molar-refractivity contribution in [3.05, 3.63) is 63.8 Å². The highest BCUT2D eigenvalue weighted by molar-refractivity contribution is 9.10. The van der Waals surface area contributed by atoms with Crippen molar-refractivity contribution in [1.29, 1.82) is 0 Å². The maximum Gasteiger partial charge on any atom is 0.363 e. The molecule has 0 fully saturated rings. The number of ether oxygens (including phenoxy) is 3. The van der Waals surface area contributed by atoms with Gasteiger partial charge in [0.05, 0.1) is 0 Å². The summed E-state index contributed by atoms with van der Waals surface area (Å²) in [6.07, 6.45) is 1.67. The molecule has 5 nitrogen and oxygen atoms in total. The SMILES string of the molecule is O=C1OC(c2cccc(Br)c2)=NC1=Cc1ccc2c(c1)OCCO2. The normalized spacial score (nSPS) is 17.6. The van der Waals surface area contributed by atoms with Crippen LogP contribution in [0.15, 0.2) is 57.6 Å². The van der Waals surface area contributed by atoms with Crippen LogP contribution in [-0.2, 0) is 9.53 Å². The lowest BCUT2D eigenvalue weighted by Gasteiger charge is -2.18. The van der Waals surface area contributed by atoms with E-state index in [9.17, 15) is 4.79 Å². The average molecular weight is 386 g/mol. The van der Waals surface area contributed by atoms with E-state index in [1.807, 2.05) is 42.5 Å². The summed E-state index contributed by atoms with van der Waals surface area (Å²) in [4.78, 5) is 16.4. The summed E-state index contributed by atoms with van der Waals surface area (Å²) in [6.45, 7) is 1.06. The van der Waals surface area contributed by atoms with Crippen LogP contribution >= 0.6 is 15.9 Å². The molecule has 2 aromatic rings. The Hall–Kier alpha value is -2.60. The van der Waals surface area contributed by atoms with E-state index in [1.54, 1.807) is 6.08 Å². The number of nitrogens with zero attached hydrogens (tertiary/aromatic N) is 1. The van der Waals surface area contributed by atoms with E-state index in [-0.39, 0.29) is 5.70 Å². The predicted octanol–water partition coefficient (Wildman–Crippen LogP) is 3.56. The Morgan fingerprint density at radius 2 is 1.88 bits per heavy atom. The number of halogens is 1. The van der Waals surface area contributed by atoms with Crippen LogP contribution in [0.25, 0.3) is 6.08 Å². The maximum atomic E-state index is 12.1. The van der Waals surface area contributed by atoms with Gasteiger partial charge in [0.25, 0.3) is 0 Å².